The van der Waals surface area contributed by atoms with Gasteiger partial charge in [0.15, 0.2) is 0 Å². The van der Waals surface area contributed by atoms with Gasteiger partial charge in [0, 0.05) is 13.1 Å². The average molecular weight is 295 g/mol. The van der Waals surface area contributed by atoms with Crippen molar-refractivity contribution >= 4 is 17.4 Å². The zero-order valence-corrected chi connectivity index (χ0v) is 13.9. The van der Waals surface area contributed by atoms with Gasteiger partial charge in [-0.05, 0) is 67.7 Å². The normalized spacial score (nSPS) is 10.7. The number of phenolic OH excluding ortho intramolecular Hbond substituents is 1. The lowest BCUT2D eigenvalue weighted by atomic mass is 9.95. The van der Waals surface area contributed by atoms with Crippen molar-refractivity contribution in [1.29, 1.82) is 0 Å². The fraction of sp³-hybridized carbons (Fsp3) is 0.562. The van der Waals surface area contributed by atoms with Gasteiger partial charge >= 0.3 is 0 Å². The molecule has 1 aromatic rings. The predicted molar refractivity (Wildman–Crippen MR) is 87.2 cm³/mol. The molecule has 1 rings (SSSR count). The molecule has 0 saturated carbocycles. The second kappa shape index (κ2) is 7.48. The van der Waals surface area contributed by atoms with Crippen molar-refractivity contribution < 1.29 is 9.84 Å². The summed E-state index contributed by atoms with van der Waals surface area (Å²) < 4.78 is 5.73. The van der Waals surface area contributed by atoms with E-state index in [9.17, 15) is 5.11 Å². The number of ether oxygens (including phenoxy) is 1. The first-order chi connectivity index (χ1) is 9.40. The first kappa shape index (κ1) is 16.8. The number of aromatic hydroxyl groups is 1. The van der Waals surface area contributed by atoms with Crippen LogP contribution in [0.2, 0.25) is 0 Å². The van der Waals surface area contributed by atoms with E-state index in [1.165, 1.54) is 0 Å². The van der Waals surface area contributed by atoms with E-state index >= 15 is 0 Å². The van der Waals surface area contributed by atoms with Crippen LogP contribution in [0.15, 0.2) is 12.1 Å². The second-order valence-corrected chi connectivity index (χ2v) is 5.57. The van der Waals surface area contributed by atoms with Gasteiger partial charge in [-0.3, -0.25) is 0 Å². The summed E-state index contributed by atoms with van der Waals surface area (Å²) in [4.78, 5) is 2.01. The number of aryl methyl sites for hydroxylation is 1. The fourth-order valence-electron chi connectivity index (χ4n) is 2.15. The molecule has 0 aliphatic carbocycles. The van der Waals surface area contributed by atoms with Gasteiger partial charge in [0.05, 0.1) is 0 Å². The minimum Gasteiger partial charge on any atom is -0.508 e. The summed E-state index contributed by atoms with van der Waals surface area (Å²) in [5, 5.41) is 10.4. The number of rotatable bonds is 5. The van der Waals surface area contributed by atoms with Crippen molar-refractivity contribution in [2.45, 2.75) is 47.1 Å². The number of benzene rings is 1. The van der Waals surface area contributed by atoms with Crippen LogP contribution in [0.3, 0.4) is 0 Å². The Morgan fingerprint density at radius 3 is 2.40 bits per heavy atom. The molecule has 0 radical (unpaired) electrons. The van der Waals surface area contributed by atoms with Crippen LogP contribution in [0, 0.1) is 6.92 Å². The van der Waals surface area contributed by atoms with Crippen LogP contribution in [-0.4, -0.2) is 28.3 Å². The van der Waals surface area contributed by atoms with E-state index in [0.717, 1.165) is 29.8 Å². The molecule has 1 N–H and O–H groups in total. The Morgan fingerprint density at radius 1 is 1.30 bits per heavy atom. The summed E-state index contributed by atoms with van der Waals surface area (Å²) in [6, 6.07) is 3.81. The van der Waals surface area contributed by atoms with Crippen LogP contribution < -0.4 is 0 Å². The molecule has 3 nitrogen and oxygen atoms in total. The van der Waals surface area contributed by atoms with E-state index in [1.54, 1.807) is 0 Å². The maximum Gasteiger partial charge on any atom is 0.259 e. The third-order valence-electron chi connectivity index (χ3n) is 3.45. The minimum atomic E-state index is 0.335. The van der Waals surface area contributed by atoms with E-state index < -0.39 is 0 Å². The molecular weight excluding hydrogens is 270 g/mol. The second-order valence-electron chi connectivity index (χ2n) is 5.22. The van der Waals surface area contributed by atoms with E-state index in [4.69, 9.17) is 17.0 Å². The van der Waals surface area contributed by atoms with E-state index in [2.05, 4.69) is 27.7 Å². The maximum absolute atomic E-state index is 9.84. The van der Waals surface area contributed by atoms with Crippen LogP contribution in [-0.2, 0) is 11.3 Å². The smallest absolute Gasteiger partial charge is 0.259 e. The number of hydrogen-bond donors (Lipinski definition) is 1. The molecule has 20 heavy (non-hydrogen) atoms. The van der Waals surface area contributed by atoms with Crippen LogP contribution >= 0.6 is 12.2 Å². The van der Waals surface area contributed by atoms with E-state index in [0.29, 0.717) is 23.4 Å². The standard InChI is InChI=1S/C16H25NO2S/c1-6-17(7-2)16(20)19-10-13-8-12(5)15(18)9-14(13)11(3)4/h8-9,11,18H,6-7,10H2,1-5H3. The average Bonchev–Trinajstić information content (AvgIpc) is 2.40. The molecule has 0 aliphatic rings. The van der Waals surface area contributed by atoms with E-state index in [-0.39, 0.29) is 0 Å². The number of hydrogen-bond acceptors (Lipinski definition) is 3. The van der Waals surface area contributed by atoms with Crippen molar-refractivity contribution in [1.82, 2.24) is 4.90 Å². The zero-order chi connectivity index (χ0) is 15.3. The van der Waals surface area contributed by atoms with Crippen molar-refractivity contribution in [3.05, 3.63) is 28.8 Å². The van der Waals surface area contributed by atoms with Gasteiger partial charge in [-0.25, -0.2) is 0 Å². The molecule has 0 amide bonds. The van der Waals surface area contributed by atoms with E-state index in [1.807, 2.05) is 24.0 Å². The predicted octanol–water partition coefficient (Wildman–Crippen LogP) is 3.97. The lowest BCUT2D eigenvalue weighted by molar-refractivity contribution is 0.237. The Bertz CT molecular complexity index is 468. The molecule has 0 bridgehead atoms. The summed E-state index contributed by atoms with van der Waals surface area (Å²) >= 11 is 5.29. The summed E-state index contributed by atoms with van der Waals surface area (Å²) in [6.45, 7) is 12.4. The number of thiocarbonyl (C=S) groups is 1. The Morgan fingerprint density at radius 2 is 1.90 bits per heavy atom. The van der Waals surface area contributed by atoms with Gasteiger partial charge in [-0.2, -0.15) is 0 Å². The lowest BCUT2D eigenvalue weighted by Gasteiger charge is -2.22. The van der Waals surface area contributed by atoms with Crippen molar-refractivity contribution in [2.75, 3.05) is 13.1 Å². The summed E-state index contributed by atoms with van der Waals surface area (Å²) in [6.07, 6.45) is 0. The highest BCUT2D eigenvalue weighted by molar-refractivity contribution is 7.80. The Kier molecular flexibility index (Phi) is 6.27. The van der Waals surface area contributed by atoms with Crippen LogP contribution in [0.4, 0.5) is 0 Å². The van der Waals surface area contributed by atoms with Crippen molar-refractivity contribution in [3.8, 4) is 5.75 Å². The number of phenols is 1. The van der Waals surface area contributed by atoms with Gasteiger partial charge in [0.1, 0.15) is 12.4 Å². The SMILES string of the molecule is CCN(CC)C(=S)OCc1cc(C)c(O)cc1C(C)C. The number of nitrogens with zero attached hydrogens (tertiary/aromatic N) is 1. The Labute approximate surface area is 127 Å². The highest BCUT2D eigenvalue weighted by Gasteiger charge is 2.13. The topological polar surface area (TPSA) is 32.7 Å². The molecule has 0 heterocycles. The summed E-state index contributed by atoms with van der Waals surface area (Å²) in [5.74, 6) is 0.672. The third kappa shape index (κ3) is 4.10. The first-order valence-electron chi connectivity index (χ1n) is 7.14. The van der Waals surface area contributed by atoms with Gasteiger partial charge in [0.2, 0.25) is 0 Å². The quantitative estimate of drug-likeness (QED) is 0.833. The molecular formula is C16H25NO2S. The molecule has 0 unspecified atom stereocenters. The largest absolute Gasteiger partial charge is 0.508 e. The molecule has 0 fully saturated rings. The monoisotopic (exact) mass is 295 g/mol. The van der Waals surface area contributed by atoms with Gasteiger partial charge in [-0.1, -0.05) is 13.8 Å². The van der Waals surface area contributed by atoms with Gasteiger partial charge in [0.25, 0.3) is 5.17 Å². The zero-order valence-electron chi connectivity index (χ0n) is 13.1. The highest BCUT2D eigenvalue weighted by Crippen LogP contribution is 2.28. The van der Waals surface area contributed by atoms with Crippen LogP contribution in [0.5, 0.6) is 5.75 Å². The Balaban J connectivity index is 2.87. The molecule has 1 aromatic carbocycles. The molecule has 112 valence electrons. The van der Waals surface area contributed by atoms with Crippen LogP contribution in [0.1, 0.15) is 50.3 Å². The molecule has 0 atom stereocenters. The van der Waals surface area contributed by atoms with Crippen molar-refractivity contribution in [3.63, 3.8) is 0 Å². The highest BCUT2D eigenvalue weighted by atomic mass is 32.1. The maximum atomic E-state index is 9.84. The van der Waals surface area contributed by atoms with Crippen LogP contribution in [0.25, 0.3) is 0 Å². The lowest BCUT2D eigenvalue weighted by Crippen LogP contribution is -2.30. The third-order valence-corrected chi connectivity index (χ3v) is 3.83. The molecule has 0 aliphatic heterocycles. The first-order valence-corrected chi connectivity index (χ1v) is 7.55. The summed E-state index contributed by atoms with van der Waals surface area (Å²) in [7, 11) is 0. The van der Waals surface area contributed by atoms with Crippen molar-refractivity contribution in [2.24, 2.45) is 0 Å². The summed E-state index contributed by atoms with van der Waals surface area (Å²) in [5.41, 5.74) is 3.06. The van der Waals surface area contributed by atoms with Gasteiger partial charge in [-0.15, -0.1) is 0 Å². The fourth-order valence-corrected chi connectivity index (χ4v) is 2.46. The Hall–Kier alpha value is -1.29. The molecule has 4 heteroatoms. The molecule has 0 aromatic heterocycles. The molecule has 0 saturated heterocycles. The van der Waals surface area contributed by atoms with Gasteiger partial charge < -0.3 is 14.7 Å². The molecule has 0 spiro atoms. The minimum absolute atomic E-state index is 0.335.